The highest BCUT2D eigenvalue weighted by atomic mass is 32.2. The van der Waals surface area contributed by atoms with Gasteiger partial charge < -0.3 is 19.5 Å². The van der Waals surface area contributed by atoms with Crippen LogP contribution in [0.2, 0.25) is 0 Å². The quantitative estimate of drug-likeness (QED) is 0.567. The molecule has 0 aromatic heterocycles. The Labute approximate surface area is 96.0 Å². The average Bonchev–Trinajstić information content (AvgIpc) is 2.21. The van der Waals surface area contributed by atoms with Crippen LogP contribution >= 0.6 is 0 Å². The summed E-state index contributed by atoms with van der Waals surface area (Å²) in [6, 6.07) is 0. The summed E-state index contributed by atoms with van der Waals surface area (Å²) in [6.45, 7) is 2.82. The maximum absolute atomic E-state index is 10.7. The van der Waals surface area contributed by atoms with Crippen LogP contribution in [0.25, 0.3) is 0 Å². The van der Waals surface area contributed by atoms with Crippen LogP contribution in [0.1, 0.15) is 20.3 Å². The molecule has 0 aromatic carbocycles. The number of rotatable bonds is 8. The van der Waals surface area contributed by atoms with Gasteiger partial charge >= 0.3 is 0 Å². The third-order valence-electron chi connectivity index (χ3n) is 2.48. The maximum atomic E-state index is 10.7. The lowest BCUT2D eigenvalue weighted by Crippen LogP contribution is -2.30. The Morgan fingerprint density at radius 2 is 1.88 bits per heavy atom. The van der Waals surface area contributed by atoms with Crippen LogP contribution in [0.3, 0.4) is 0 Å². The minimum absolute atomic E-state index is 0.0573. The van der Waals surface area contributed by atoms with E-state index in [0.29, 0.717) is 0 Å². The lowest BCUT2D eigenvalue weighted by atomic mass is 9.97. The number of aliphatic hydroxyl groups excluding tert-OH is 2. The van der Waals surface area contributed by atoms with Crippen molar-refractivity contribution in [3.63, 3.8) is 0 Å². The fourth-order valence-corrected chi connectivity index (χ4v) is 1.84. The normalized spacial score (nSPS) is 18.1. The van der Waals surface area contributed by atoms with Crippen molar-refractivity contribution < 1.29 is 27.9 Å². The van der Waals surface area contributed by atoms with Gasteiger partial charge in [-0.25, -0.2) is 8.42 Å². The molecule has 16 heavy (non-hydrogen) atoms. The lowest BCUT2D eigenvalue weighted by molar-refractivity contribution is 0.0175. The molecule has 0 aliphatic heterocycles. The predicted molar refractivity (Wildman–Crippen MR) is 56.6 cm³/mol. The van der Waals surface area contributed by atoms with Crippen molar-refractivity contribution in [2.75, 3.05) is 19.8 Å². The van der Waals surface area contributed by atoms with E-state index in [1.54, 1.807) is 6.92 Å². The van der Waals surface area contributed by atoms with Gasteiger partial charge in [-0.15, -0.1) is 0 Å². The smallest absolute Gasteiger partial charge is 0.146 e. The zero-order chi connectivity index (χ0) is 12.8. The van der Waals surface area contributed by atoms with E-state index < -0.39 is 15.6 Å². The zero-order valence-electron chi connectivity index (χ0n) is 9.50. The van der Waals surface area contributed by atoms with E-state index in [2.05, 4.69) is 0 Å². The minimum Gasteiger partial charge on any atom is -0.746 e. The van der Waals surface area contributed by atoms with Gasteiger partial charge in [-0.05, 0) is 12.3 Å². The number of hydrogen-bond acceptors (Lipinski definition) is 6. The van der Waals surface area contributed by atoms with Crippen LogP contribution in [-0.4, -0.2) is 48.4 Å². The van der Waals surface area contributed by atoms with Crippen molar-refractivity contribution in [3.8, 4) is 0 Å². The number of hydrogen-bond donors (Lipinski definition) is 2. The van der Waals surface area contributed by atoms with Gasteiger partial charge in [0.1, 0.15) is 15.6 Å². The molecule has 3 atom stereocenters. The maximum Gasteiger partial charge on any atom is 0.146 e. The standard InChI is InChI=1S/C9H20O6S/c1-3-9(16(12,13)14)15-6-8(5-11)7(2)4-10/h7-11H,3-6H2,1-2H3,(H,12,13,14)/p-1. The topological polar surface area (TPSA) is 107 Å². The van der Waals surface area contributed by atoms with E-state index in [9.17, 15) is 13.0 Å². The predicted octanol–water partition coefficient (Wildman–Crippen LogP) is -0.479. The van der Waals surface area contributed by atoms with Gasteiger partial charge in [0.25, 0.3) is 0 Å². The van der Waals surface area contributed by atoms with E-state index >= 15 is 0 Å². The Balaban J connectivity index is 4.29. The molecule has 0 radical (unpaired) electrons. The van der Waals surface area contributed by atoms with Crippen molar-refractivity contribution in [2.24, 2.45) is 11.8 Å². The van der Waals surface area contributed by atoms with E-state index in [0.717, 1.165) is 0 Å². The fraction of sp³-hybridized carbons (Fsp3) is 1.00. The van der Waals surface area contributed by atoms with E-state index in [1.165, 1.54) is 6.92 Å². The second-order valence-corrected chi connectivity index (χ2v) is 5.28. The Kier molecular flexibility index (Phi) is 7.09. The summed E-state index contributed by atoms with van der Waals surface area (Å²) in [5.41, 5.74) is -1.38. The summed E-state index contributed by atoms with van der Waals surface area (Å²) in [6.07, 6.45) is 0.0670. The first-order valence-corrected chi connectivity index (χ1v) is 6.61. The van der Waals surface area contributed by atoms with Gasteiger partial charge in [0.15, 0.2) is 0 Å². The molecule has 6 nitrogen and oxygen atoms in total. The monoisotopic (exact) mass is 255 g/mol. The summed E-state index contributed by atoms with van der Waals surface area (Å²) in [4.78, 5) is 0. The summed E-state index contributed by atoms with van der Waals surface area (Å²) < 4.78 is 37.1. The first-order valence-electron chi connectivity index (χ1n) is 5.14. The molecule has 0 fully saturated rings. The second-order valence-electron chi connectivity index (χ2n) is 3.77. The molecular formula is C9H19O6S-. The molecule has 7 heteroatoms. The third kappa shape index (κ3) is 5.22. The van der Waals surface area contributed by atoms with Crippen molar-refractivity contribution >= 4 is 10.1 Å². The molecule has 0 heterocycles. The summed E-state index contributed by atoms with van der Waals surface area (Å²) >= 11 is 0. The molecule has 0 aliphatic rings. The molecule has 0 aromatic rings. The number of aliphatic hydroxyl groups is 2. The molecule has 3 unspecified atom stereocenters. The van der Waals surface area contributed by atoms with Crippen molar-refractivity contribution in [2.45, 2.75) is 25.7 Å². The van der Waals surface area contributed by atoms with Gasteiger partial charge in [0.2, 0.25) is 0 Å². The first-order chi connectivity index (χ1) is 7.36. The van der Waals surface area contributed by atoms with Crippen LogP contribution in [0, 0.1) is 11.8 Å². The SMILES string of the molecule is CCC(OCC(CO)C(C)CO)S(=O)(=O)[O-]. The highest BCUT2D eigenvalue weighted by Gasteiger charge is 2.20. The van der Waals surface area contributed by atoms with Crippen LogP contribution in [0.5, 0.6) is 0 Å². The van der Waals surface area contributed by atoms with Gasteiger partial charge in [-0.2, -0.15) is 0 Å². The Morgan fingerprint density at radius 1 is 1.31 bits per heavy atom. The van der Waals surface area contributed by atoms with Gasteiger partial charge in [0.05, 0.1) is 6.61 Å². The Bertz CT molecular complexity index is 276. The average molecular weight is 255 g/mol. The Morgan fingerprint density at radius 3 is 2.19 bits per heavy atom. The van der Waals surface area contributed by atoms with E-state index in [-0.39, 0.29) is 38.1 Å². The van der Waals surface area contributed by atoms with Crippen LogP contribution in [0.15, 0.2) is 0 Å². The summed E-state index contributed by atoms with van der Waals surface area (Å²) in [5.74, 6) is -0.585. The lowest BCUT2D eigenvalue weighted by Gasteiger charge is -2.25. The molecule has 2 N–H and O–H groups in total. The molecule has 0 aliphatic carbocycles. The minimum atomic E-state index is -4.47. The van der Waals surface area contributed by atoms with Crippen molar-refractivity contribution in [1.29, 1.82) is 0 Å². The molecule has 0 spiro atoms. The zero-order valence-corrected chi connectivity index (χ0v) is 10.3. The molecular weight excluding hydrogens is 236 g/mol. The van der Waals surface area contributed by atoms with Crippen LogP contribution in [-0.2, 0) is 14.9 Å². The van der Waals surface area contributed by atoms with Crippen LogP contribution in [0.4, 0.5) is 0 Å². The highest BCUT2D eigenvalue weighted by Crippen LogP contribution is 2.14. The van der Waals surface area contributed by atoms with Crippen molar-refractivity contribution in [3.05, 3.63) is 0 Å². The summed E-state index contributed by atoms with van der Waals surface area (Å²) in [7, 11) is -4.47. The molecule has 0 amide bonds. The van der Waals surface area contributed by atoms with Gasteiger partial charge in [-0.3, -0.25) is 0 Å². The molecule has 0 bridgehead atoms. The largest absolute Gasteiger partial charge is 0.746 e. The first kappa shape index (κ1) is 15.8. The second kappa shape index (κ2) is 7.18. The number of ether oxygens (including phenoxy) is 1. The molecule has 0 saturated heterocycles. The van der Waals surface area contributed by atoms with Gasteiger partial charge in [-0.1, -0.05) is 13.8 Å². The van der Waals surface area contributed by atoms with Gasteiger partial charge in [0, 0.05) is 19.1 Å². The Hall–Kier alpha value is -0.210. The van der Waals surface area contributed by atoms with E-state index in [1.807, 2.05) is 0 Å². The molecule has 0 saturated carbocycles. The van der Waals surface area contributed by atoms with Crippen molar-refractivity contribution in [1.82, 2.24) is 0 Å². The fourth-order valence-electron chi connectivity index (χ4n) is 1.18. The van der Waals surface area contributed by atoms with E-state index in [4.69, 9.17) is 14.9 Å². The highest BCUT2D eigenvalue weighted by molar-refractivity contribution is 7.86. The molecule has 0 rings (SSSR count). The third-order valence-corrected chi connectivity index (χ3v) is 3.59. The molecule has 98 valence electrons. The van der Waals surface area contributed by atoms with Crippen LogP contribution < -0.4 is 0 Å². The summed E-state index contributed by atoms with van der Waals surface area (Å²) in [5, 5.41) is 17.9.